The lowest BCUT2D eigenvalue weighted by atomic mass is 10.0. The van der Waals surface area contributed by atoms with Crippen molar-refractivity contribution < 1.29 is 4.39 Å². The summed E-state index contributed by atoms with van der Waals surface area (Å²) >= 11 is 0. The Morgan fingerprint density at radius 3 is 2.56 bits per heavy atom. The van der Waals surface area contributed by atoms with Crippen LogP contribution in [0.3, 0.4) is 0 Å². The van der Waals surface area contributed by atoms with Crippen molar-refractivity contribution in [2.75, 3.05) is 13.6 Å². The second kappa shape index (κ2) is 5.31. The first-order valence-electron chi connectivity index (χ1n) is 6.06. The number of hydrogen-bond donors (Lipinski definition) is 1. The van der Waals surface area contributed by atoms with Crippen molar-refractivity contribution in [3.05, 3.63) is 41.5 Å². The first-order valence-corrected chi connectivity index (χ1v) is 6.06. The largest absolute Gasteiger partial charge is 0.319 e. The van der Waals surface area contributed by atoms with Gasteiger partial charge < -0.3 is 5.32 Å². The monoisotopic (exact) mass is 247 g/mol. The normalized spacial score (nSPS) is 10.9. The number of rotatable bonds is 4. The van der Waals surface area contributed by atoms with E-state index in [2.05, 4.69) is 10.4 Å². The molecular weight excluding hydrogens is 229 g/mol. The van der Waals surface area contributed by atoms with E-state index >= 15 is 0 Å². The highest BCUT2D eigenvalue weighted by molar-refractivity contribution is 5.68. The molecule has 0 unspecified atom stereocenters. The van der Waals surface area contributed by atoms with Crippen molar-refractivity contribution in [3.63, 3.8) is 0 Å². The molecule has 4 heteroatoms. The second-order valence-corrected chi connectivity index (χ2v) is 4.39. The van der Waals surface area contributed by atoms with Gasteiger partial charge in [-0.3, -0.25) is 4.68 Å². The third kappa shape index (κ3) is 2.43. The van der Waals surface area contributed by atoms with Crippen LogP contribution in [-0.4, -0.2) is 23.4 Å². The molecule has 0 aliphatic carbocycles. The number of benzene rings is 1. The van der Waals surface area contributed by atoms with Crippen LogP contribution in [0.1, 0.15) is 11.4 Å². The molecule has 0 bridgehead atoms. The Morgan fingerprint density at radius 2 is 1.94 bits per heavy atom. The van der Waals surface area contributed by atoms with Gasteiger partial charge in [0.25, 0.3) is 0 Å². The highest BCUT2D eigenvalue weighted by atomic mass is 19.1. The van der Waals surface area contributed by atoms with Gasteiger partial charge in [-0.25, -0.2) is 4.39 Å². The van der Waals surface area contributed by atoms with Crippen molar-refractivity contribution in [1.82, 2.24) is 15.1 Å². The van der Waals surface area contributed by atoms with E-state index in [4.69, 9.17) is 0 Å². The van der Waals surface area contributed by atoms with Crippen molar-refractivity contribution in [1.29, 1.82) is 0 Å². The molecule has 0 aliphatic heterocycles. The van der Waals surface area contributed by atoms with Crippen molar-refractivity contribution in [2.45, 2.75) is 13.3 Å². The predicted molar refractivity (Wildman–Crippen MR) is 71.0 cm³/mol. The van der Waals surface area contributed by atoms with Crippen LogP contribution in [0.15, 0.2) is 24.3 Å². The van der Waals surface area contributed by atoms with E-state index in [0.717, 1.165) is 29.8 Å². The number of likely N-dealkylation sites (N-methyl/N-ethyl adjacent to an activating group) is 1. The summed E-state index contributed by atoms with van der Waals surface area (Å²) in [4.78, 5) is 0. The van der Waals surface area contributed by atoms with Gasteiger partial charge in [0, 0.05) is 31.3 Å². The number of nitrogens with one attached hydrogen (secondary N) is 1. The Kier molecular flexibility index (Phi) is 3.77. The molecule has 0 fully saturated rings. The summed E-state index contributed by atoms with van der Waals surface area (Å²) in [6, 6.07) is 6.59. The van der Waals surface area contributed by atoms with Crippen molar-refractivity contribution >= 4 is 0 Å². The van der Waals surface area contributed by atoms with Gasteiger partial charge in [-0.15, -0.1) is 0 Å². The zero-order valence-corrected chi connectivity index (χ0v) is 11.0. The van der Waals surface area contributed by atoms with Crippen LogP contribution in [-0.2, 0) is 13.5 Å². The molecule has 1 aromatic carbocycles. The summed E-state index contributed by atoms with van der Waals surface area (Å²) in [6.45, 7) is 2.88. The molecule has 0 saturated heterocycles. The Labute approximate surface area is 107 Å². The summed E-state index contributed by atoms with van der Waals surface area (Å²) in [5.41, 5.74) is 4.30. The van der Waals surface area contributed by atoms with E-state index in [1.165, 1.54) is 17.8 Å². The summed E-state index contributed by atoms with van der Waals surface area (Å²) in [5.74, 6) is -0.211. The van der Waals surface area contributed by atoms with Crippen LogP contribution < -0.4 is 5.32 Å². The number of aromatic nitrogens is 2. The van der Waals surface area contributed by atoms with E-state index in [1.54, 1.807) is 0 Å². The van der Waals surface area contributed by atoms with Gasteiger partial charge in [-0.1, -0.05) is 12.1 Å². The lowest BCUT2D eigenvalue weighted by Crippen LogP contribution is -2.13. The Bertz CT molecular complexity index is 529. The maximum atomic E-state index is 13.0. The topological polar surface area (TPSA) is 29.9 Å². The van der Waals surface area contributed by atoms with Gasteiger partial charge in [-0.05, 0) is 31.7 Å². The van der Waals surface area contributed by atoms with E-state index in [1.807, 2.05) is 37.8 Å². The van der Waals surface area contributed by atoms with Gasteiger partial charge in [0.2, 0.25) is 0 Å². The zero-order valence-electron chi connectivity index (χ0n) is 11.0. The Balaban J connectivity index is 2.45. The van der Waals surface area contributed by atoms with Crippen LogP contribution in [0.5, 0.6) is 0 Å². The van der Waals surface area contributed by atoms with Crippen LogP contribution in [0, 0.1) is 12.7 Å². The lowest BCUT2D eigenvalue weighted by Gasteiger charge is -2.07. The molecule has 2 aromatic rings. The number of nitrogens with zero attached hydrogens (tertiary/aromatic N) is 2. The molecule has 0 radical (unpaired) electrons. The average molecular weight is 247 g/mol. The molecule has 96 valence electrons. The van der Waals surface area contributed by atoms with E-state index in [-0.39, 0.29) is 5.82 Å². The maximum absolute atomic E-state index is 13.0. The molecule has 1 aromatic heterocycles. The minimum absolute atomic E-state index is 0.211. The minimum Gasteiger partial charge on any atom is -0.319 e. The molecule has 2 rings (SSSR count). The van der Waals surface area contributed by atoms with Gasteiger partial charge in [0.05, 0.1) is 5.69 Å². The summed E-state index contributed by atoms with van der Waals surface area (Å²) < 4.78 is 14.9. The molecule has 3 nitrogen and oxygen atoms in total. The Hall–Kier alpha value is -1.68. The third-order valence-corrected chi connectivity index (χ3v) is 3.09. The smallest absolute Gasteiger partial charge is 0.123 e. The molecule has 18 heavy (non-hydrogen) atoms. The molecule has 0 saturated carbocycles. The number of halogens is 1. The zero-order chi connectivity index (χ0) is 13.1. The van der Waals surface area contributed by atoms with Gasteiger partial charge in [0.1, 0.15) is 5.82 Å². The van der Waals surface area contributed by atoms with Crippen LogP contribution in [0.4, 0.5) is 4.39 Å². The molecule has 1 N–H and O–H groups in total. The average Bonchev–Trinajstić information content (AvgIpc) is 2.62. The quantitative estimate of drug-likeness (QED) is 0.898. The van der Waals surface area contributed by atoms with Gasteiger partial charge >= 0.3 is 0 Å². The highest BCUT2D eigenvalue weighted by Gasteiger charge is 2.14. The van der Waals surface area contributed by atoms with Crippen LogP contribution in [0.25, 0.3) is 11.1 Å². The fourth-order valence-electron chi connectivity index (χ4n) is 2.23. The van der Waals surface area contributed by atoms with E-state index < -0.39 is 0 Å². The lowest BCUT2D eigenvalue weighted by molar-refractivity contribution is 0.628. The minimum atomic E-state index is -0.211. The highest BCUT2D eigenvalue weighted by Crippen LogP contribution is 2.27. The second-order valence-electron chi connectivity index (χ2n) is 4.39. The van der Waals surface area contributed by atoms with E-state index in [9.17, 15) is 4.39 Å². The molecule has 0 atom stereocenters. The van der Waals surface area contributed by atoms with Crippen molar-refractivity contribution in [2.24, 2.45) is 7.05 Å². The Morgan fingerprint density at radius 1 is 1.28 bits per heavy atom. The van der Waals surface area contributed by atoms with E-state index in [0.29, 0.717) is 0 Å². The molecule has 0 spiro atoms. The molecule has 0 aliphatic rings. The third-order valence-electron chi connectivity index (χ3n) is 3.09. The predicted octanol–water partition coefficient (Wildman–Crippen LogP) is 2.30. The van der Waals surface area contributed by atoms with Gasteiger partial charge in [0.15, 0.2) is 0 Å². The summed E-state index contributed by atoms with van der Waals surface area (Å²) in [7, 11) is 3.88. The maximum Gasteiger partial charge on any atom is 0.123 e. The van der Waals surface area contributed by atoms with Crippen LogP contribution in [0.2, 0.25) is 0 Å². The number of aryl methyl sites for hydroxylation is 2. The summed E-state index contributed by atoms with van der Waals surface area (Å²) in [5, 5.41) is 7.60. The standard InChI is InChI=1S/C14H18FN3/c1-10-14(11-4-6-12(15)7-5-11)13(8-9-16-2)18(3)17-10/h4-7,16H,8-9H2,1-3H3. The van der Waals surface area contributed by atoms with Crippen LogP contribution >= 0.6 is 0 Å². The SMILES string of the molecule is CNCCc1c(-c2ccc(F)cc2)c(C)nn1C. The number of hydrogen-bond acceptors (Lipinski definition) is 2. The fourth-order valence-corrected chi connectivity index (χ4v) is 2.23. The fraction of sp³-hybridized carbons (Fsp3) is 0.357. The molecule has 0 amide bonds. The summed E-state index contributed by atoms with van der Waals surface area (Å²) in [6.07, 6.45) is 0.903. The molecule has 1 heterocycles. The van der Waals surface area contributed by atoms with Crippen molar-refractivity contribution in [3.8, 4) is 11.1 Å². The van der Waals surface area contributed by atoms with Gasteiger partial charge in [-0.2, -0.15) is 5.10 Å². The molecular formula is C14H18FN3. The first kappa shape index (κ1) is 12.8. The first-order chi connectivity index (χ1) is 8.63.